The Balaban J connectivity index is 1.94. The van der Waals surface area contributed by atoms with Gasteiger partial charge in [-0.05, 0) is 25.2 Å². The van der Waals surface area contributed by atoms with Crippen molar-refractivity contribution in [3.63, 3.8) is 0 Å². The van der Waals surface area contributed by atoms with Crippen molar-refractivity contribution in [3.8, 4) is 0 Å². The first-order valence-electron chi connectivity index (χ1n) is 8.73. The Morgan fingerprint density at radius 3 is 2.10 bits per heavy atom. The molecule has 0 aromatic heterocycles. The molecule has 0 aliphatic heterocycles. The van der Waals surface area contributed by atoms with Crippen molar-refractivity contribution >= 4 is 23.1 Å². The summed E-state index contributed by atoms with van der Waals surface area (Å²) in [5, 5.41) is 3.00. The van der Waals surface area contributed by atoms with Gasteiger partial charge >= 0.3 is 0 Å². The van der Waals surface area contributed by atoms with Crippen molar-refractivity contribution in [2.45, 2.75) is 90.0 Å². The third-order valence-corrected chi connectivity index (χ3v) is 4.48. The number of hydrogen-bond donors (Lipinski definition) is 2. The van der Waals surface area contributed by atoms with E-state index >= 15 is 0 Å². The summed E-state index contributed by atoms with van der Waals surface area (Å²) in [5.41, 5.74) is 5.69. The third kappa shape index (κ3) is 9.07. The average molecular weight is 313 g/mol. The molecule has 0 heterocycles. The van der Waals surface area contributed by atoms with Gasteiger partial charge < -0.3 is 11.1 Å². The molecule has 1 atom stereocenters. The molecule has 0 radical (unpaired) electrons. The fourth-order valence-corrected chi connectivity index (χ4v) is 2.94. The van der Waals surface area contributed by atoms with Gasteiger partial charge in [0, 0.05) is 6.42 Å². The van der Waals surface area contributed by atoms with Crippen LogP contribution in [0.3, 0.4) is 0 Å². The van der Waals surface area contributed by atoms with Crippen molar-refractivity contribution in [2.75, 3.05) is 0 Å². The number of nitrogens with one attached hydrogen (secondary N) is 1. The van der Waals surface area contributed by atoms with Crippen molar-refractivity contribution in [2.24, 2.45) is 11.7 Å². The Bertz CT molecular complexity index is 316. The monoisotopic (exact) mass is 312 g/mol. The van der Waals surface area contributed by atoms with Gasteiger partial charge in [-0.2, -0.15) is 0 Å². The van der Waals surface area contributed by atoms with E-state index in [-0.39, 0.29) is 11.9 Å². The second-order valence-corrected chi connectivity index (χ2v) is 6.83. The highest BCUT2D eigenvalue weighted by atomic mass is 32.1. The molecular weight excluding hydrogens is 280 g/mol. The second-order valence-electron chi connectivity index (χ2n) is 6.36. The smallest absolute Gasteiger partial charge is 0.220 e. The van der Waals surface area contributed by atoms with E-state index in [1.54, 1.807) is 0 Å². The van der Waals surface area contributed by atoms with Crippen LogP contribution in [-0.2, 0) is 4.79 Å². The van der Waals surface area contributed by atoms with Crippen LogP contribution in [0.2, 0.25) is 0 Å². The van der Waals surface area contributed by atoms with Gasteiger partial charge in [0.05, 0.1) is 11.0 Å². The highest BCUT2D eigenvalue weighted by Crippen LogP contribution is 2.32. The Hall–Kier alpha value is -0.640. The summed E-state index contributed by atoms with van der Waals surface area (Å²) >= 11 is 5.03. The molecule has 3 N–H and O–H groups in total. The quantitative estimate of drug-likeness (QED) is 0.398. The number of hydrogen-bond acceptors (Lipinski definition) is 2. The van der Waals surface area contributed by atoms with E-state index in [0.29, 0.717) is 17.3 Å². The lowest BCUT2D eigenvalue weighted by Crippen LogP contribution is -2.44. The van der Waals surface area contributed by atoms with Gasteiger partial charge in [-0.1, -0.05) is 70.5 Å². The lowest BCUT2D eigenvalue weighted by Gasteiger charge is -2.16. The summed E-state index contributed by atoms with van der Waals surface area (Å²) in [6.07, 6.45) is 14.3. The molecule has 1 saturated carbocycles. The van der Waals surface area contributed by atoms with Crippen molar-refractivity contribution in [1.29, 1.82) is 0 Å². The molecule has 1 unspecified atom stereocenters. The molecule has 0 aromatic rings. The number of carbonyl (C=O) groups excluding carboxylic acids is 1. The fourth-order valence-electron chi connectivity index (χ4n) is 2.69. The van der Waals surface area contributed by atoms with Crippen molar-refractivity contribution < 1.29 is 4.79 Å². The number of amides is 1. The van der Waals surface area contributed by atoms with E-state index < -0.39 is 0 Å². The van der Waals surface area contributed by atoms with Crippen LogP contribution in [0.15, 0.2) is 0 Å². The number of rotatable bonds is 13. The molecule has 1 fully saturated rings. The molecule has 1 rings (SSSR count). The van der Waals surface area contributed by atoms with E-state index in [1.165, 1.54) is 44.9 Å². The van der Waals surface area contributed by atoms with Crippen LogP contribution in [-0.4, -0.2) is 16.9 Å². The van der Waals surface area contributed by atoms with E-state index in [9.17, 15) is 4.79 Å². The van der Waals surface area contributed by atoms with Crippen LogP contribution >= 0.6 is 12.2 Å². The highest BCUT2D eigenvalue weighted by molar-refractivity contribution is 7.80. The second kappa shape index (κ2) is 11.0. The average Bonchev–Trinajstić information content (AvgIpc) is 3.27. The van der Waals surface area contributed by atoms with E-state index in [1.807, 2.05) is 0 Å². The molecule has 1 amide bonds. The molecular formula is C17H32N2OS. The van der Waals surface area contributed by atoms with Crippen LogP contribution in [0.5, 0.6) is 0 Å². The Kier molecular flexibility index (Phi) is 9.64. The maximum absolute atomic E-state index is 11.9. The first-order valence-corrected chi connectivity index (χ1v) is 9.14. The van der Waals surface area contributed by atoms with E-state index in [4.69, 9.17) is 18.0 Å². The molecule has 122 valence electrons. The van der Waals surface area contributed by atoms with Gasteiger partial charge in [0.25, 0.3) is 0 Å². The minimum atomic E-state index is -0.0638. The normalized spacial score (nSPS) is 15.7. The predicted molar refractivity (Wildman–Crippen MR) is 93.3 cm³/mol. The first kappa shape index (κ1) is 18.4. The van der Waals surface area contributed by atoms with Gasteiger partial charge in [-0.25, -0.2) is 0 Å². The van der Waals surface area contributed by atoms with Gasteiger partial charge in [0.1, 0.15) is 0 Å². The van der Waals surface area contributed by atoms with Crippen LogP contribution < -0.4 is 11.1 Å². The zero-order chi connectivity index (χ0) is 15.5. The largest absolute Gasteiger partial charge is 0.392 e. The minimum Gasteiger partial charge on any atom is -0.392 e. The van der Waals surface area contributed by atoms with E-state index in [0.717, 1.165) is 25.7 Å². The van der Waals surface area contributed by atoms with Crippen molar-refractivity contribution in [3.05, 3.63) is 0 Å². The highest BCUT2D eigenvalue weighted by Gasteiger charge is 2.33. The maximum Gasteiger partial charge on any atom is 0.220 e. The number of unbranched alkanes of at least 4 members (excludes halogenated alkanes) is 8. The molecule has 0 bridgehead atoms. The lowest BCUT2D eigenvalue weighted by molar-refractivity contribution is -0.121. The topological polar surface area (TPSA) is 55.1 Å². The summed E-state index contributed by atoms with van der Waals surface area (Å²) in [4.78, 5) is 12.3. The molecule has 0 spiro atoms. The third-order valence-electron chi connectivity index (χ3n) is 4.22. The molecule has 1 aliphatic rings. The molecule has 3 nitrogen and oxygen atoms in total. The molecule has 0 aromatic carbocycles. The first-order chi connectivity index (χ1) is 10.1. The minimum absolute atomic E-state index is 0.0638. The standard InChI is InChI=1S/C17H32N2OS/c1-2-3-4-5-6-7-8-9-10-11-15(20)19-16(17(18)21)14-12-13-14/h14,16H,2-13H2,1H3,(H2,18,21)(H,19,20). The van der Waals surface area contributed by atoms with Crippen LogP contribution in [0.4, 0.5) is 0 Å². The van der Waals surface area contributed by atoms with Crippen LogP contribution in [0.1, 0.15) is 84.0 Å². The van der Waals surface area contributed by atoms with Gasteiger partial charge in [-0.3, -0.25) is 4.79 Å². The van der Waals surface area contributed by atoms with Gasteiger partial charge in [0.2, 0.25) is 5.91 Å². The fraction of sp³-hybridized carbons (Fsp3) is 0.882. The van der Waals surface area contributed by atoms with Crippen LogP contribution in [0.25, 0.3) is 0 Å². The number of nitrogens with two attached hydrogens (primary N) is 1. The molecule has 21 heavy (non-hydrogen) atoms. The number of carbonyl (C=O) groups is 1. The van der Waals surface area contributed by atoms with Gasteiger partial charge in [-0.15, -0.1) is 0 Å². The Labute approximate surface area is 135 Å². The van der Waals surface area contributed by atoms with Crippen molar-refractivity contribution in [1.82, 2.24) is 5.32 Å². The molecule has 0 saturated heterocycles. The van der Waals surface area contributed by atoms with Gasteiger partial charge in [0.15, 0.2) is 0 Å². The Morgan fingerprint density at radius 2 is 1.62 bits per heavy atom. The summed E-state index contributed by atoms with van der Waals surface area (Å²) in [5.74, 6) is 0.609. The zero-order valence-electron chi connectivity index (χ0n) is 13.5. The molecule has 4 heteroatoms. The predicted octanol–water partition coefficient (Wildman–Crippen LogP) is 4.09. The number of thiocarbonyl (C=S) groups is 1. The lowest BCUT2D eigenvalue weighted by atomic mass is 10.1. The van der Waals surface area contributed by atoms with E-state index in [2.05, 4.69) is 12.2 Å². The summed E-state index contributed by atoms with van der Waals surface area (Å²) < 4.78 is 0. The zero-order valence-corrected chi connectivity index (χ0v) is 14.4. The summed E-state index contributed by atoms with van der Waals surface area (Å²) in [6, 6.07) is -0.0638. The van der Waals surface area contributed by atoms with Crippen LogP contribution in [0, 0.1) is 5.92 Å². The summed E-state index contributed by atoms with van der Waals surface area (Å²) in [7, 11) is 0. The summed E-state index contributed by atoms with van der Waals surface area (Å²) in [6.45, 7) is 2.25. The maximum atomic E-state index is 11.9. The molecule has 1 aliphatic carbocycles. The SMILES string of the molecule is CCCCCCCCCCCC(=O)NC(C(N)=S)C1CC1. The Morgan fingerprint density at radius 1 is 1.10 bits per heavy atom.